The Kier molecular flexibility index (Phi) is 2.16. The number of likely N-dealkylation sites (N-methyl/N-ethyl adjacent to an activating group) is 1. The quantitative estimate of drug-likeness (QED) is 0.886. The number of rotatable bonds is 5. The average Bonchev–Trinajstić information content (AvgIpc) is 3.08. The van der Waals surface area contributed by atoms with Gasteiger partial charge in [-0.15, -0.1) is 0 Å². The number of nitrogens with zero attached hydrogens (tertiary/aromatic N) is 1. The van der Waals surface area contributed by atoms with E-state index >= 15 is 0 Å². The summed E-state index contributed by atoms with van der Waals surface area (Å²) in [5.74, 6) is 0. The van der Waals surface area contributed by atoms with Crippen LogP contribution in [-0.4, -0.2) is 49.1 Å². The van der Waals surface area contributed by atoms with Crippen molar-refractivity contribution in [3.63, 3.8) is 0 Å². The standard InChI is InChI=1S/C16H21N3O2/c1-19(2)6-5-12-9-17-15-4-3-11(8-14(12)15)7-13-10-21-16(20)18-13/h3-4,8-9,13,17H,5-7,10H2,1-2H3,(H,18,20)/t13-/m0/s1/i1D3,2D3,13D. The van der Waals surface area contributed by atoms with E-state index in [1.165, 1.54) is 0 Å². The number of H-pyrrole nitrogens is 1. The predicted molar refractivity (Wildman–Crippen MR) is 82.5 cm³/mol. The Balaban J connectivity index is 1.80. The van der Waals surface area contributed by atoms with Crippen LogP contribution in [-0.2, 0) is 17.6 Å². The first-order valence-corrected chi connectivity index (χ1v) is 6.69. The molecule has 1 aromatic heterocycles. The van der Waals surface area contributed by atoms with Crippen molar-refractivity contribution in [1.82, 2.24) is 15.2 Å². The summed E-state index contributed by atoms with van der Waals surface area (Å²) < 4.78 is 57.8. The summed E-state index contributed by atoms with van der Waals surface area (Å²) in [5.41, 5.74) is 2.40. The van der Waals surface area contributed by atoms with Gasteiger partial charge in [-0.3, -0.25) is 0 Å². The molecule has 2 aromatic rings. The number of nitrogens with one attached hydrogen (secondary N) is 2. The molecule has 0 bridgehead atoms. The molecule has 1 aromatic carbocycles. The first-order chi connectivity index (χ1) is 12.9. The molecule has 0 aliphatic carbocycles. The maximum Gasteiger partial charge on any atom is 0.407 e. The molecular formula is C16H21N3O2. The molecule has 21 heavy (non-hydrogen) atoms. The van der Waals surface area contributed by atoms with Crippen LogP contribution in [0.3, 0.4) is 0 Å². The zero-order valence-electron chi connectivity index (χ0n) is 18.4. The van der Waals surface area contributed by atoms with Gasteiger partial charge in [0, 0.05) is 31.9 Å². The third-order valence-electron chi connectivity index (χ3n) is 3.51. The van der Waals surface area contributed by atoms with Gasteiger partial charge in [-0.25, -0.2) is 4.79 Å². The van der Waals surface area contributed by atoms with Crippen molar-refractivity contribution < 1.29 is 19.1 Å². The molecule has 112 valence electrons. The fourth-order valence-corrected chi connectivity index (χ4v) is 2.49. The van der Waals surface area contributed by atoms with Crippen LogP contribution in [0.5, 0.6) is 0 Å². The second kappa shape index (κ2) is 5.77. The maximum absolute atomic E-state index is 11.2. The van der Waals surface area contributed by atoms with Gasteiger partial charge in [0.25, 0.3) is 0 Å². The highest BCUT2D eigenvalue weighted by atomic mass is 16.6. The summed E-state index contributed by atoms with van der Waals surface area (Å²) >= 11 is 0. The smallest absolute Gasteiger partial charge is 0.407 e. The van der Waals surface area contributed by atoms with Crippen molar-refractivity contribution in [3.8, 4) is 0 Å². The fraction of sp³-hybridized carbons (Fsp3) is 0.438. The van der Waals surface area contributed by atoms with Crippen LogP contribution in [0.15, 0.2) is 24.4 Å². The van der Waals surface area contributed by atoms with Gasteiger partial charge in [-0.2, -0.15) is 0 Å². The van der Waals surface area contributed by atoms with Gasteiger partial charge in [-0.05, 0) is 50.1 Å². The molecule has 1 aliphatic heterocycles. The molecule has 1 aliphatic rings. The highest BCUT2D eigenvalue weighted by Gasteiger charge is 2.22. The van der Waals surface area contributed by atoms with E-state index in [2.05, 4.69) is 10.3 Å². The number of amides is 1. The van der Waals surface area contributed by atoms with E-state index in [0.717, 1.165) is 22.0 Å². The zero-order valence-corrected chi connectivity index (χ0v) is 11.4. The molecule has 3 rings (SSSR count). The number of fused-ring (bicyclic) bond motifs is 1. The number of aromatic amines is 1. The third-order valence-corrected chi connectivity index (χ3v) is 3.51. The number of hydrogen-bond donors (Lipinski definition) is 2. The number of carbonyl (C=O) groups excluding carboxylic acids is 1. The fourth-order valence-electron chi connectivity index (χ4n) is 2.49. The zero-order chi connectivity index (χ0) is 20.7. The summed E-state index contributed by atoms with van der Waals surface area (Å²) in [6.45, 7) is -5.64. The first kappa shape index (κ1) is 7.84. The van der Waals surface area contributed by atoms with E-state index in [9.17, 15) is 4.79 Å². The number of hydrogen-bond acceptors (Lipinski definition) is 3. The van der Waals surface area contributed by atoms with Crippen LogP contribution in [0.25, 0.3) is 10.9 Å². The van der Waals surface area contributed by atoms with Crippen molar-refractivity contribution in [1.29, 1.82) is 0 Å². The molecule has 2 N–H and O–H groups in total. The second-order valence-electron chi connectivity index (χ2n) is 5.08. The van der Waals surface area contributed by atoms with Crippen LogP contribution in [0.2, 0.25) is 0 Å². The van der Waals surface area contributed by atoms with Crippen molar-refractivity contribution >= 4 is 17.0 Å². The summed E-state index contributed by atoms with van der Waals surface area (Å²) in [4.78, 5) is 14.9. The van der Waals surface area contributed by atoms with Gasteiger partial charge in [0.05, 0.1) is 7.39 Å². The lowest BCUT2D eigenvalue weighted by Gasteiger charge is -2.09. The van der Waals surface area contributed by atoms with E-state index in [-0.39, 0.29) is 26.0 Å². The Hall–Kier alpha value is -2.01. The minimum absolute atomic E-state index is 0.0456. The van der Waals surface area contributed by atoms with Crippen molar-refractivity contribution in [3.05, 3.63) is 35.5 Å². The average molecular weight is 294 g/mol. The predicted octanol–water partition coefficient (Wildman–Crippen LogP) is 1.92. The second-order valence-corrected chi connectivity index (χ2v) is 5.08. The molecule has 2 heterocycles. The van der Waals surface area contributed by atoms with Crippen molar-refractivity contribution in [2.45, 2.75) is 18.9 Å². The number of alkyl carbamates (subject to hydrolysis) is 1. The largest absolute Gasteiger partial charge is 0.447 e. The van der Waals surface area contributed by atoms with Gasteiger partial charge >= 0.3 is 6.09 Å². The van der Waals surface area contributed by atoms with Crippen LogP contribution in [0.1, 0.15) is 20.7 Å². The van der Waals surface area contributed by atoms with Crippen LogP contribution < -0.4 is 5.32 Å². The normalized spacial score (nSPS) is 27.9. The lowest BCUT2D eigenvalue weighted by atomic mass is 10.0. The van der Waals surface area contributed by atoms with Crippen LogP contribution >= 0.6 is 0 Å². The van der Waals surface area contributed by atoms with Crippen molar-refractivity contribution in [2.75, 3.05) is 27.1 Å². The Labute approximate surface area is 134 Å². The van der Waals surface area contributed by atoms with Gasteiger partial charge < -0.3 is 19.9 Å². The number of aromatic nitrogens is 1. The molecule has 1 atom stereocenters. The molecular weight excluding hydrogens is 266 g/mol. The molecule has 5 nitrogen and oxygen atoms in total. The van der Waals surface area contributed by atoms with Gasteiger partial charge in [0.2, 0.25) is 0 Å². The number of cyclic esters (lactones) is 1. The van der Waals surface area contributed by atoms with Crippen molar-refractivity contribution in [2.24, 2.45) is 0 Å². The van der Waals surface area contributed by atoms with Gasteiger partial charge in [0.15, 0.2) is 0 Å². The third kappa shape index (κ3) is 3.19. The van der Waals surface area contributed by atoms with E-state index < -0.39 is 26.1 Å². The SMILES string of the molecule is [2H]C([2H])([2H])N(CCc1c[nH]c2ccc(C[C@@]3([2H])COC(=O)N3)cc12)C([2H])([2H])[2H]. The summed E-state index contributed by atoms with van der Waals surface area (Å²) in [6.07, 6.45) is 1.58. The molecule has 0 radical (unpaired) electrons. The number of ether oxygens (including phenoxy) is 1. The van der Waals surface area contributed by atoms with Crippen LogP contribution in [0, 0.1) is 0 Å². The summed E-state index contributed by atoms with van der Waals surface area (Å²) in [5, 5.41) is 3.30. The molecule has 1 amide bonds. The summed E-state index contributed by atoms with van der Waals surface area (Å²) in [7, 11) is 0. The Morgan fingerprint density at radius 2 is 2.43 bits per heavy atom. The lowest BCUT2D eigenvalue weighted by Crippen LogP contribution is -2.28. The van der Waals surface area contributed by atoms with E-state index in [0.29, 0.717) is 4.90 Å². The van der Waals surface area contributed by atoms with E-state index in [4.69, 9.17) is 14.3 Å². The highest BCUT2D eigenvalue weighted by Crippen LogP contribution is 2.21. The lowest BCUT2D eigenvalue weighted by molar-refractivity contribution is 0.177. The van der Waals surface area contributed by atoms with E-state index in [1.54, 1.807) is 6.20 Å². The topological polar surface area (TPSA) is 57.4 Å². The minimum atomic E-state index is -2.72. The van der Waals surface area contributed by atoms with E-state index in [1.807, 2.05) is 18.2 Å². The number of carbonyl (C=O) groups is 1. The summed E-state index contributed by atoms with van der Waals surface area (Å²) in [6, 6.07) is 4.29. The first-order valence-electron chi connectivity index (χ1n) is 10.2. The number of benzene rings is 1. The monoisotopic (exact) mass is 294 g/mol. The molecule has 0 unspecified atom stereocenters. The van der Waals surface area contributed by atoms with Gasteiger partial charge in [0.1, 0.15) is 6.61 Å². The Morgan fingerprint density at radius 1 is 1.52 bits per heavy atom. The molecule has 1 fully saturated rings. The maximum atomic E-state index is 11.2. The minimum Gasteiger partial charge on any atom is -0.447 e. The highest BCUT2D eigenvalue weighted by molar-refractivity contribution is 5.84. The van der Waals surface area contributed by atoms with Gasteiger partial charge in [-0.1, -0.05) is 6.07 Å². The molecule has 0 spiro atoms. The Bertz CT molecular complexity index is 863. The molecule has 0 saturated carbocycles. The van der Waals surface area contributed by atoms with Crippen LogP contribution in [0.4, 0.5) is 4.79 Å². The Morgan fingerprint density at radius 3 is 3.19 bits per heavy atom. The molecule has 5 heteroatoms. The molecule has 1 saturated heterocycles.